The highest BCUT2D eigenvalue weighted by atomic mass is 35.5. The van der Waals surface area contributed by atoms with Gasteiger partial charge in [-0.1, -0.05) is 29.3 Å². The van der Waals surface area contributed by atoms with E-state index in [9.17, 15) is 23.1 Å². The maximum Gasteiger partial charge on any atom is 0.421 e. The van der Waals surface area contributed by atoms with Crippen molar-refractivity contribution in [2.24, 2.45) is 17.3 Å². The lowest BCUT2D eigenvalue weighted by atomic mass is 9.65. The Morgan fingerprint density at radius 2 is 1.95 bits per heavy atom. The van der Waals surface area contributed by atoms with Gasteiger partial charge in [0.05, 0.1) is 5.41 Å². The van der Waals surface area contributed by atoms with Gasteiger partial charge in [-0.25, -0.2) is 4.98 Å². The van der Waals surface area contributed by atoms with E-state index < -0.39 is 23.1 Å². The number of likely N-dealkylation sites (tertiary alicyclic amines) is 1. The molecule has 0 radical (unpaired) electrons. The number of hydrogen-bond acceptors (Lipinski definition) is 6. The van der Waals surface area contributed by atoms with Crippen molar-refractivity contribution in [3.05, 3.63) is 45.6 Å². The smallest absolute Gasteiger partial charge is 0.421 e. The minimum Gasteiger partial charge on any atom is -0.481 e. The number of nitrogens with one attached hydrogen (secondary N) is 1. The van der Waals surface area contributed by atoms with Gasteiger partial charge in [-0.3, -0.25) is 4.79 Å². The number of carboxylic acid groups (broad SMARTS) is 1. The molecule has 1 aromatic carbocycles. The summed E-state index contributed by atoms with van der Waals surface area (Å²) in [7, 11) is 0. The second-order valence-electron chi connectivity index (χ2n) is 11.0. The minimum absolute atomic E-state index is 0.0537. The van der Waals surface area contributed by atoms with Crippen molar-refractivity contribution < 1.29 is 23.1 Å². The summed E-state index contributed by atoms with van der Waals surface area (Å²) in [5, 5.41) is 13.0. The summed E-state index contributed by atoms with van der Waals surface area (Å²) in [5.74, 6) is 0.128. The van der Waals surface area contributed by atoms with E-state index in [2.05, 4.69) is 20.2 Å². The fraction of sp³-hybridized carbons (Fsp3) is 0.577. The van der Waals surface area contributed by atoms with Gasteiger partial charge < -0.3 is 20.2 Å². The lowest BCUT2D eigenvalue weighted by Crippen LogP contribution is -2.58. The van der Waals surface area contributed by atoms with Crippen LogP contribution in [0.4, 0.5) is 24.9 Å². The number of halogens is 5. The third kappa shape index (κ3) is 5.53. The Hall–Kier alpha value is -2.30. The van der Waals surface area contributed by atoms with Gasteiger partial charge in [0.1, 0.15) is 11.4 Å². The molecule has 1 aliphatic carbocycles. The number of carbonyl (C=O) groups is 1. The van der Waals surface area contributed by atoms with Gasteiger partial charge in [-0.15, -0.1) is 0 Å². The van der Waals surface area contributed by atoms with Gasteiger partial charge >= 0.3 is 12.1 Å². The molecule has 1 unspecified atom stereocenters. The molecule has 3 heterocycles. The van der Waals surface area contributed by atoms with Gasteiger partial charge in [0.25, 0.3) is 0 Å². The molecular formula is C26H30Cl2F3N5O2. The van der Waals surface area contributed by atoms with Crippen LogP contribution in [0.25, 0.3) is 0 Å². The van der Waals surface area contributed by atoms with E-state index in [1.165, 1.54) is 0 Å². The van der Waals surface area contributed by atoms with E-state index in [0.29, 0.717) is 59.4 Å². The van der Waals surface area contributed by atoms with Crippen LogP contribution in [0.15, 0.2) is 24.4 Å². The first-order valence-electron chi connectivity index (χ1n) is 12.8. The molecule has 2 aromatic rings. The lowest BCUT2D eigenvalue weighted by Gasteiger charge is -2.52. The molecule has 2 N–H and O–H groups in total. The van der Waals surface area contributed by atoms with Gasteiger partial charge in [-0.2, -0.15) is 18.2 Å². The Morgan fingerprint density at radius 1 is 1.21 bits per heavy atom. The van der Waals surface area contributed by atoms with E-state index in [1.807, 2.05) is 11.8 Å². The lowest BCUT2D eigenvalue weighted by molar-refractivity contribution is -0.158. The third-order valence-electron chi connectivity index (χ3n) is 8.30. The number of carboxylic acids is 1. The molecule has 3 fully saturated rings. The average Bonchev–Trinajstić information content (AvgIpc) is 2.80. The molecule has 0 amide bonds. The first-order chi connectivity index (χ1) is 17.9. The van der Waals surface area contributed by atoms with E-state index >= 15 is 0 Å². The van der Waals surface area contributed by atoms with Crippen LogP contribution >= 0.6 is 23.2 Å². The molecule has 0 spiro atoms. The van der Waals surface area contributed by atoms with Crippen LogP contribution in [0.1, 0.15) is 43.7 Å². The molecular weight excluding hydrogens is 542 g/mol. The SMILES string of the molecule is CC1(C(=O)O)CC(N2CCCC(C3CN(c4ncc(C(F)(F)F)c(NCc5ccc(Cl)cc5Cl)n4)C3)C2)C1. The summed E-state index contributed by atoms with van der Waals surface area (Å²) in [6.07, 6.45) is -0.240. The van der Waals surface area contributed by atoms with Crippen molar-refractivity contribution in [2.75, 3.05) is 36.4 Å². The van der Waals surface area contributed by atoms with E-state index in [1.54, 1.807) is 18.2 Å². The topological polar surface area (TPSA) is 81.6 Å². The number of aliphatic carboxylic acids is 1. The molecule has 206 valence electrons. The summed E-state index contributed by atoms with van der Waals surface area (Å²) < 4.78 is 41.0. The Bertz CT molecular complexity index is 1200. The van der Waals surface area contributed by atoms with Crippen molar-refractivity contribution in [1.82, 2.24) is 14.9 Å². The fourth-order valence-electron chi connectivity index (χ4n) is 5.86. The molecule has 38 heavy (non-hydrogen) atoms. The molecule has 2 aliphatic heterocycles. The summed E-state index contributed by atoms with van der Waals surface area (Å²) in [5.41, 5.74) is -0.944. The van der Waals surface area contributed by atoms with Crippen LogP contribution < -0.4 is 10.2 Å². The van der Waals surface area contributed by atoms with Crippen molar-refractivity contribution in [2.45, 2.75) is 51.4 Å². The van der Waals surface area contributed by atoms with Crippen molar-refractivity contribution in [1.29, 1.82) is 0 Å². The Balaban J connectivity index is 1.21. The number of rotatable bonds is 7. The van der Waals surface area contributed by atoms with Crippen LogP contribution in [-0.4, -0.2) is 58.2 Å². The van der Waals surface area contributed by atoms with Gasteiger partial charge in [0, 0.05) is 48.5 Å². The van der Waals surface area contributed by atoms with E-state index in [-0.39, 0.29) is 18.3 Å². The highest BCUT2D eigenvalue weighted by Gasteiger charge is 2.50. The number of alkyl halides is 3. The molecule has 7 nitrogen and oxygen atoms in total. The maximum absolute atomic E-state index is 13.7. The highest BCUT2D eigenvalue weighted by Crippen LogP contribution is 2.45. The molecule has 1 atom stereocenters. The zero-order chi connectivity index (χ0) is 27.2. The number of hydrogen-bond donors (Lipinski definition) is 2. The van der Waals surface area contributed by atoms with Crippen molar-refractivity contribution in [3.8, 4) is 0 Å². The maximum atomic E-state index is 13.7. The minimum atomic E-state index is -4.61. The monoisotopic (exact) mass is 571 g/mol. The van der Waals surface area contributed by atoms with Crippen molar-refractivity contribution in [3.63, 3.8) is 0 Å². The number of benzene rings is 1. The zero-order valence-corrected chi connectivity index (χ0v) is 22.5. The molecule has 0 bridgehead atoms. The average molecular weight is 572 g/mol. The molecule has 1 aromatic heterocycles. The number of aromatic nitrogens is 2. The Morgan fingerprint density at radius 3 is 2.61 bits per heavy atom. The van der Waals surface area contributed by atoms with Crippen LogP contribution in [-0.2, 0) is 17.5 Å². The van der Waals surface area contributed by atoms with E-state index in [4.69, 9.17) is 23.2 Å². The quantitative estimate of drug-likeness (QED) is 0.433. The standard InChI is InChI=1S/C26H30Cl2F3N5O2/c1-25(23(37)38)8-19(9-25)35-6-2-3-16(12-35)17-13-36(14-17)24-33-11-20(26(29,30)31)22(34-24)32-10-15-4-5-18(27)7-21(15)28/h4-5,7,11,16-17,19H,2-3,6,8-10,12-14H2,1H3,(H,37,38)(H,32,33,34). The van der Waals surface area contributed by atoms with Crippen LogP contribution in [0, 0.1) is 17.3 Å². The predicted molar refractivity (Wildman–Crippen MR) is 140 cm³/mol. The van der Waals surface area contributed by atoms with Gasteiger partial charge in [-0.05, 0) is 68.7 Å². The van der Waals surface area contributed by atoms with E-state index in [0.717, 1.165) is 32.1 Å². The molecule has 12 heteroatoms. The summed E-state index contributed by atoms with van der Waals surface area (Å²) in [6, 6.07) is 5.14. The number of anilines is 2. The second-order valence-corrected chi connectivity index (χ2v) is 11.9. The summed E-state index contributed by atoms with van der Waals surface area (Å²) in [4.78, 5) is 24.1. The summed E-state index contributed by atoms with van der Waals surface area (Å²) in [6.45, 7) is 5.16. The molecule has 2 saturated heterocycles. The first-order valence-corrected chi connectivity index (χ1v) is 13.5. The van der Waals surface area contributed by atoms with Crippen LogP contribution in [0.3, 0.4) is 0 Å². The third-order valence-corrected chi connectivity index (χ3v) is 8.88. The molecule has 1 saturated carbocycles. The normalized spacial score (nSPS) is 26.5. The summed E-state index contributed by atoms with van der Waals surface area (Å²) >= 11 is 12.1. The largest absolute Gasteiger partial charge is 0.481 e. The van der Waals surface area contributed by atoms with Crippen LogP contribution in [0.5, 0.6) is 0 Å². The van der Waals surface area contributed by atoms with Gasteiger partial charge in [0.2, 0.25) is 5.95 Å². The first kappa shape index (κ1) is 27.3. The zero-order valence-electron chi connectivity index (χ0n) is 20.9. The van der Waals surface area contributed by atoms with Crippen molar-refractivity contribution >= 4 is 40.9 Å². The Kier molecular flexibility index (Phi) is 7.43. The van der Waals surface area contributed by atoms with Crippen LogP contribution in [0.2, 0.25) is 10.0 Å². The predicted octanol–water partition coefficient (Wildman–Crippen LogP) is 5.82. The van der Waals surface area contributed by atoms with Gasteiger partial charge in [0.15, 0.2) is 0 Å². The fourth-order valence-corrected chi connectivity index (χ4v) is 6.33. The number of nitrogens with zero attached hydrogens (tertiary/aromatic N) is 4. The highest BCUT2D eigenvalue weighted by molar-refractivity contribution is 6.35. The second kappa shape index (κ2) is 10.4. The number of piperidine rings is 1. The Labute approximate surface area is 229 Å². The molecule has 5 rings (SSSR count). The molecule has 3 aliphatic rings.